The predicted octanol–water partition coefficient (Wildman–Crippen LogP) is 3.49. The van der Waals surface area contributed by atoms with Crippen molar-refractivity contribution in [3.8, 4) is 0 Å². The Labute approximate surface area is 110 Å². The van der Waals surface area contributed by atoms with Crippen LogP contribution in [0, 0.1) is 0 Å². The summed E-state index contributed by atoms with van der Waals surface area (Å²) in [7, 11) is 0. The number of fused-ring (bicyclic) bond motifs is 1. The number of rotatable bonds is 1. The van der Waals surface area contributed by atoms with E-state index < -0.39 is 0 Å². The van der Waals surface area contributed by atoms with Gasteiger partial charge < -0.3 is 9.88 Å². The van der Waals surface area contributed by atoms with Crippen LogP contribution in [0.15, 0.2) is 36.5 Å². The normalized spacial score (nSPS) is 19.1. The maximum atomic E-state index is 6.26. The Hall–Kier alpha value is -0.960. The fourth-order valence-corrected chi connectivity index (χ4v) is 2.85. The minimum atomic E-state index is 0.156. The largest absolute Gasteiger partial charge is 0.348 e. The highest BCUT2D eigenvalue weighted by molar-refractivity contribution is 6.35. The maximum Gasteiger partial charge on any atom is 0.0746 e. The molecule has 0 radical (unpaired) electrons. The lowest BCUT2D eigenvalue weighted by Gasteiger charge is -2.27. The minimum absolute atomic E-state index is 0.156. The molecule has 0 spiro atoms. The van der Waals surface area contributed by atoms with Crippen LogP contribution in [-0.4, -0.2) is 11.1 Å². The molecule has 4 heteroatoms. The molecule has 1 aliphatic rings. The molecular formula is C13H12Cl2N2. The molecular weight excluding hydrogens is 255 g/mol. The van der Waals surface area contributed by atoms with Crippen LogP contribution in [0.5, 0.6) is 0 Å². The van der Waals surface area contributed by atoms with Gasteiger partial charge in [-0.25, -0.2) is 0 Å². The van der Waals surface area contributed by atoms with Crippen molar-refractivity contribution >= 4 is 23.2 Å². The molecule has 88 valence electrons. The molecule has 1 aromatic heterocycles. The standard InChI is InChI=1S/C13H12Cl2N2/c14-9-3-4-10(11(15)8-9)13-12-2-1-6-17(12)7-5-16-13/h1-4,6,8,13,16H,5,7H2. The number of nitrogens with one attached hydrogen (secondary N) is 1. The molecule has 2 aromatic rings. The van der Waals surface area contributed by atoms with Crippen LogP contribution >= 0.6 is 23.2 Å². The fraction of sp³-hybridized carbons (Fsp3) is 0.231. The number of nitrogens with zero attached hydrogens (tertiary/aromatic N) is 1. The van der Waals surface area contributed by atoms with Gasteiger partial charge >= 0.3 is 0 Å². The zero-order chi connectivity index (χ0) is 11.8. The van der Waals surface area contributed by atoms with Crippen LogP contribution in [0.4, 0.5) is 0 Å². The van der Waals surface area contributed by atoms with E-state index in [0.29, 0.717) is 10.0 Å². The average Bonchev–Trinajstić information content (AvgIpc) is 2.77. The van der Waals surface area contributed by atoms with Gasteiger partial charge in [0.15, 0.2) is 0 Å². The Morgan fingerprint density at radius 3 is 2.94 bits per heavy atom. The molecule has 0 aliphatic carbocycles. The van der Waals surface area contributed by atoms with Crippen molar-refractivity contribution in [1.82, 2.24) is 9.88 Å². The SMILES string of the molecule is Clc1ccc(C2NCCn3cccc32)c(Cl)c1. The monoisotopic (exact) mass is 266 g/mol. The Bertz CT molecular complexity index is 548. The van der Waals surface area contributed by atoms with E-state index in [9.17, 15) is 0 Å². The van der Waals surface area contributed by atoms with Crippen molar-refractivity contribution < 1.29 is 0 Å². The highest BCUT2D eigenvalue weighted by atomic mass is 35.5. The first-order valence-corrected chi connectivity index (χ1v) is 6.34. The number of halogens is 2. The van der Waals surface area contributed by atoms with Gasteiger partial charge in [-0.1, -0.05) is 29.3 Å². The Morgan fingerprint density at radius 1 is 1.24 bits per heavy atom. The van der Waals surface area contributed by atoms with E-state index in [2.05, 4.69) is 28.2 Å². The van der Waals surface area contributed by atoms with Crippen molar-refractivity contribution in [3.63, 3.8) is 0 Å². The summed E-state index contributed by atoms with van der Waals surface area (Å²) in [5, 5.41) is 4.87. The predicted molar refractivity (Wildman–Crippen MR) is 70.7 cm³/mol. The first kappa shape index (κ1) is 11.1. The van der Waals surface area contributed by atoms with Crippen LogP contribution in [0.25, 0.3) is 0 Å². The summed E-state index contributed by atoms with van der Waals surface area (Å²) >= 11 is 12.2. The Morgan fingerprint density at radius 2 is 2.12 bits per heavy atom. The zero-order valence-corrected chi connectivity index (χ0v) is 10.7. The molecule has 1 aromatic carbocycles. The second-order valence-electron chi connectivity index (χ2n) is 4.18. The van der Waals surface area contributed by atoms with Crippen LogP contribution in [0.2, 0.25) is 10.0 Å². The smallest absolute Gasteiger partial charge is 0.0746 e. The third kappa shape index (κ3) is 1.97. The van der Waals surface area contributed by atoms with E-state index in [1.165, 1.54) is 5.69 Å². The van der Waals surface area contributed by atoms with Gasteiger partial charge in [0.2, 0.25) is 0 Å². The van der Waals surface area contributed by atoms with E-state index >= 15 is 0 Å². The number of aromatic nitrogens is 1. The lowest BCUT2D eigenvalue weighted by molar-refractivity contribution is 0.467. The molecule has 2 nitrogen and oxygen atoms in total. The van der Waals surface area contributed by atoms with Crippen LogP contribution in [0.3, 0.4) is 0 Å². The second-order valence-corrected chi connectivity index (χ2v) is 5.02. The van der Waals surface area contributed by atoms with E-state index in [0.717, 1.165) is 18.7 Å². The molecule has 1 atom stereocenters. The van der Waals surface area contributed by atoms with Crippen molar-refractivity contribution in [2.45, 2.75) is 12.6 Å². The fourth-order valence-electron chi connectivity index (χ4n) is 2.33. The summed E-state index contributed by atoms with van der Waals surface area (Å²) in [5.74, 6) is 0. The van der Waals surface area contributed by atoms with Gasteiger partial charge in [0.05, 0.1) is 6.04 Å². The van der Waals surface area contributed by atoms with Crippen molar-refractivity contribution in [2.24, 2.45) is 0 Å². The van der Waals surface area contributed by atoms with Crippen molar-refractivity contribution in [3.05, 3.63) is 57.8 Å². The number of hydrogen-bond donors (Lipinski definition) is 1. The number of hydrogen-bond acceptors (Lipinski definition) is 1. The first-order chi connectivity index (χ1) is 8.25. The third-order valence-electron chi connectivity index (χ3n) is 3.14. The van der Waals surface area contributed by atoms with E-state index in [-0.39, 0.29) is 6.04 Å². The summed E-state index contributed by atoms with van der Waals surface area (Å²) in [4.78, 5) is 0. The van der Waals surface area contributed by atoms with Gasteiger partial charge in [0, 0.05) is 35.0 Å². The summed E-state index contributed by atoms with van der Waals surface area (Å²) in [5.41, 5.74) is 2.33. The van der Waals surface area contributed by atoms with E-state index in [4.69, 9.17) is 23.2 Å². The summed E-state index contributed by atoms with van der Waals surface area (Å²) in [6, 6.07) is 10.0. The molecule has 0 saturated heterocycles. The first-order valence-electron chi connectivity index (χ1n) is 5.59. The lowest BCUT2D eigenvalue weighted by atomic mass is 10.0. The van der Waals surface area contributed by atoms with Gasteiger partial charge in [-0.2, -0.15) is 0 Å². The van der Waals surface area contributed by atoms with Crippen molar-refractivity contribution in [2.75, 3.05) is 6.54 Å². The van der Waals surface area contributed by atoms with E-state index in [1.54, 1.807) is 6.07 Å². The minimum Gasteiger partial charge on any atom is -0.348 e. The molecule has 1 unspecified atom stereocenters. The topological polar surface area (TPSA) is 17.0 Å². The van der Waals surface area contributed by atoms with Gasteiger partial charge in [-0.3, -0.25) is 0 Å². The highest BCUT2D eigenvalue weighted by Crippen LogP contribution is 2.31. The van der Waals surface area contributed by atoms with Crippen LogP contribution < -0.4 is 5.32 Å². The summed E-state index contributed by atoms with van der Waals surface area (Å²) in [6.07, 6.45) is 2.10. The molecule has 0 bridgehead atoms. The molecule has 2 heterocycles. The summed E-state index contributed by atoms with van der Waals surface area (Å²) < 4.78 is 2.26. The van der Waals surface area contributed by atoms with Gasteiger partial charge in [-0.15, -0.1) is 0 Å². The molecule has 0 saturated carbocycles. The van der Waals surface area contributed by atoms with Gasteiger partial charge in [0.1, 0.15) is 0 Å². The van der Waals surface area contributed by atoms with Crippen molar-refractivity contribution in [1.29, 1.82) is 0 Å². The molecule has 0 amide bonds. The van der Waals surface area contributed by atoms with Gasteiger partial charge in [-0.05, 0) is 29.8 Å². The highest BCUT2D eigenvalue weighted by Gasteiger charge is 2.22. The lowest BCUT2D eigenvalue weighted by Crippen LogP contribution is -2.33. The Kier molecular flexibility index (Phi) is 2.87. The quantitative estimate of drug-likeness (QED) is 0.836. The Balaban J connectivity index is 2.06. The molecule has 1 N–H and O–H groups in total. The molecule has 0 fully saturated rings. The number of benzene rings is 1. The molecule has 1 aliphatic heterocycles. The summed E-state index contributed by atoms with van der Waals surface area (Å²) in [6.45, 7) is 1.95. The van der Waals surface area contributed by atoms with Crippen LogP contribution in [-0.2, 0) is 6.54 Å². The maximum absolute atomic E-state index is 6.26. The second kappa shape index (κ2) is 4.37. The zero-order valence-electron chi connectivity index (χ0n) is 9.16. The van der Waals surface area contributed by atoms with E-state index in [1.807, 2.05) is 12.1 Å². The molecule has 3 rings (SSSR count). The van der Waals surface area contributed by atoms with Gasteiger partial charge in [0.25, 0.3) is 0 Å². The van der Waals surface area contributed by atoms with Crippen LogP contribution in [0.1, 0.15) is 17.3 Å². The third-order valence-corrected chi connectivity index (χ3v) is 3.70. The molecule has 17 heavy (non-hydrogen) atoms. The average molecular weight is 267 g/mol.